The molecule has 1 aromatic carbocycles. The standard InChI is InChI=1S/C21H29N3O2/c25-20(14-24-12-11-15-5-1-2-6-16(15)13-24)23-19-8-4-3-7-18(19)21(26)22-17-9-10-17/h3-4,7-8,15-17H,1-2,5-6,9-14H2,(H,22,26)(H,23,25)/t15-,16+/m1/s1. The van der Waals surface area contributed by atoms with Crippen LogP contribution in [0.15, 0.2) is 24.3 Å². The normalized spacial score (nSPS) is 26.0. The van der Waals surface area contributed by atoms with E-state index >= 15 is 0 Å². The van der Waals surface area contributed by atoms with Crippen LogP contribution in [0.5, 0.6) is 0 Å². The van der Waals surface area contributed by atoms with Gasteiger partial charge in [-0.15, -0.1) is 0 Å². The van der Waals surface area contributed by atoms with Crippen molar-refractivity contribution in [1.29, 1.82) is 0 Å². The number of rotatable bonds is 5. The molecule has 1 saturated heterocycles. The lowest BCUT2D eigenvalue weighted by Crippen LogP contribution is -2.45. The second-order valence-corrected chi connectivity index (χ2v) is 8.17. The van der Waals surface area contributed by atoms with Gasteiger partial charge < -0.3 is 10.6 Å². The van der Waals surface area contributed by atoms with Gasteiger partial charge in [0, 0.05) is 12.6 Å². The van der Waals surface area contributed by atoms with Gasteiger partial charge >= 0.3 is 0 Å². The number of piperidine rings is 1. The Morgan fingerprint density at radius 3 is 2.58 bits per heavy atom. The van der Waals surface area contributed by atoms with Gasteiger partial charge in [-0.25, -0.2) is 0 Å². The van der Waals surface area contributed by atoms with Crippen LogP contribution in [0.4, 0.5) is 5.69 Å². The monoisotopic (exact) mass is 355 g/mol. The maximum Gasteiger partial charge on any atom is 0.253 e. The summed E-state index contributed by atoms with van der Waals surface area (Å²) in [6.07, 6.45) is 8.72. The maximum absolute atomic E-state index is 12.6. The zero-order chi connectivity index (χ0) is 17.9. The molecule has 1 heterocycles. The first-order chi connectivity index (χ1) is 12.7. The van der Waals surface area contributed by atoms with Crippen molar-refractivity contribution in [2.75, 3.05) is 25.0 Å². The number of carbonyl (C=O) groups excluding carboxylic acids is 2. The summed E-state index contributed by atoms with van der Waals surface area (Å²) in [6, 6.07) is 7.60. The predicted molar refractivity (Wildman–Crippen MR) is 102 cm³/mol. The molecule has 3 fully saturated rings. The van der Waals surface area contributed by atoms with E-state index < -0.39 is 0 Å². The van der Waals surface area contributed by atoms with Gasteiger partial charge in [0.15, 0.2) is 0 Å². The Balaban J connectivity index is 1.34. The van der Waals surface area contributed by atoms with Crippen LogP contribution >= 0.6 is 0 Å². The highest BCUT2D eigenvalue weighted by Crippen LogP contribution is 2.35. The summed E-state index contributed by atoms with van der Waals surface area (Å²) >= 11 is 0. The van der Waals surface area contributed by atoms with E-state index in [-0.39, 0.29) is 11.8 Å². The van der Waals surface area contributed by atoms with E-state index in [4.69, 9.17) is 0 Å². The number of nitrogens with zero attached hydrogens (tertiary/aromatic N) is 1. The van der Waals surface area contributed by atoms with E-state index in [2.05, 4.69) is 15.5 Å². The fraction of sp³-hybridized carbons (Fsp3) is 0.619. The third kappa shape index (κ3) is 4.26. The Kier molecular flexibility index (Phi) is 5.25. The molecule has 5 nitrogen and oxygen atoms in total. The first-order valence-electron chi connectivity index (χ1n) is 10.1. The van der Waals surface area contributed by atoms with E-state index in [9.17, 15) is 9.59 Å². The summed E-state index contributed by atoms with van der Waals surface area (Å²) in [5.41, 5.74) is 1.17. The minimum atomic E-state index is -0.0913. The molecule has 0 aromatic heterocycles. The highest BCUT2D eigenvalue weighted by Gasteiger charge is 2.31. The van der Waals surface area contributed by atoms with E-state index in [0.717, 1.165) is 37.8 Å². The van der Waals surface area contributed by atoms with Crippen molar-refractivity contribution >= 4 is 17.5 Å². The summed E-state index contributed by atoms with van der Waals surface area (Å²) in [5.74, 6) is 1.52. The number of hydrogen-bond acceptors (Lipinski definition) is 3. The summed E-state index contributed by atoms with van der Waals surface area (Å²) < 4.78 is 0. The minimum Gasteiger partial charge on any atom is -0.349 e. The smallest absolute Gasteiger partial charge is 0.253 e. The molecule has 0 bridgehead atoms. The van der Waals surface area contributed by atoms with Crippen LogP contribution in [0.25, 0.3) is 0 Å². The van der Waals surface area contributed by atoms with Gasteiger partial charge in [-0.2, -0.15) is 0 Å². The molecular formula is C21H29N3O2. The van der Waals surface area contributed by atoms with Gasteiger partial charge in [-0.1, -0.05) is 31.4 Å². The van der Waals surface area contributed by atoms with Gasteiger partial charge in [0.25, 0.3) is 5.91 Å². The molecule has 26 heavy (non-hydrogen) atoms. The van der Waals surface area contributed by atoms with Crippen LogP contribution < -0.4 is 10.6 Å². The molecule has 2 aliphatic carbocycles. The second kappa shape index (κ2) is 7.78. The minimum absolute atomic E-state index is 0.0223. The van der Waals surface area contributed by atoms with Crippen molar-refractivity contribution in [1.82, 2.24) is 10.2 Å². The maximum atomic E-state index is 12.6. The molecule has 2 amide bonds. The summed E-state index contributed by atoms with van der Waals surface area (Å²) in [5, 5.41) is 5.96. The van der Waals surface area contributed by atoms with Crippen LogP contribution in [0.2, 0.25) is 0 Å². The number of anilines is 1. The largest absolute Gasteiger partial charge is 0.349 e. The highest BCUT2D eigenvalue weighted by atomic mass is 16.2. The van der Waals surface area contributed by atoms with Crippen molar-refractivity contribution < 1.29 is 9.59 Å². The molecule has 1 aliphatic heterocycles. The molecular weight excluding hydrogens is 326 g/mol. The Bertz CT molecular complexity index is 671. The topological polar surface area (TPSA) is 61.4 Å². The van der Waals surface area contributed by atoms with E-state index in [1.165, 1.54) is 32.1 Å². The molecule has 0 radical (unpaired) electrons. The highest BCUT2D eigenvalue weighted by molar-refractivity contribution is 6.04. The van der Waals surface area contributed by atoms with Crippen molar-refractivity contribution in [3.8, 4) is 0 Å². The summed E-state index contributed by atoms with van der Waals surface area (Å²) in [4.78, 5) is 27.2. The molecule has 2 atom stereocenters. The number of amides is 2. The lowest BCUT2D eigenvalue weighted by molar-refractivity contribution is -0.118. The van der Waals surface area contributed by atoms with Crippen LogP contribution in [0.1, 0.15) is 55.3 Å². The zero-order valence-electron chi connectivity index (χ0n) is 15.4. The molecule has 0 spiro atoms. The van der Waals surface area contributed by atoms with Gasteiger partial charge in [-0.3, -0.25) is 14.5 Å². The third-order valence-corrected chi connectivity index (χ3v) is 6.10. The number of benzene rings is 1. The quantitative estimate of drug-likeness (QED) is 0.853. The number of carbonyl (C=O) groups is 2. The molecule has 5 heteroatoms. The fourth-order valence-electron chi connectivity index (χ4n) is 4.49. The van der Waals surface area contributed by atoms with Crippen LogP contribution in [-0.2, 0) is 4.79 Å². The van der Waals surface area contributed by atoms with E-state index in [1.54, 1.807) is 6.07 Å². The number of nitrogens with one attached hydrogen (secondary N) is 2. The predicted octanol–water partition coefficient (Wildman–Crippen LogP) is 3.03. The van der Waals surface area contributed by atoms with Gasteiger partial charge in [0.2, 0.25) is 5.91 Å². The number of para-hydroxylation sites is 1. The average molecular weight is 355 g/mol. The first kappa shape index (κ1) is 17.5. The van der Waals surface area contributed by atoms with Crippen LogP contribution in [0.3, 0.4) is 0 Å². The molecule has 2 N–H and O–H groups in total. The lowest BCUT2D eigenvalue weighted by Gasteiger charge is -2.41. The Morgan fingerprint density at radius 1 is 1.00 bits per heavy atom. The van der Waals surface area contributed by atoms with E-state index in [0.29, 0.717) is 23.8 Å². The lowest BCUT2D eigenvalue weighted by atomic mass is 9.75. The van der Waals surface area contributed by atoms with Crippen molar-refractivity contribution in [2.45, 2.75) is 51.0 Å². The molecule has 0 unspecified atom stereocenters. The van der Waals surface area contributed by atoms with Crippen molar-refractivity contribution in [3.05, 3.63) is 29.8 Å². The third-order valence-electron chi connectivity index (χ3n) is 6.10. The molecule has 4 rings (SSSR count). The number of fused-ring (bicyclic) bond motifs is 1. The Labute approximate surface area is 155 Å². The average Bonchev–Trinajstić information content (AvgIpc) is 3.46. The number of likely N-dealkylation sites (tertiary alicyclic amines) is 1. The second-order valence-electron chi connectivity index (χ2n) is 8.17. The Morgan fingerprint density at radius 2 is 1.77 bits per heavy atom. The molecule has 140 valence electrons. The van der Waals surface area contributed by atoms with Crippen LogP contribution in [0, 0.1) is 11.8 Å². The van der Waals surface area contributed by atoms with Gasteiger partial charge in [0.05, 0.1) is 17.8 Å². The van der Waals surface area contributed by atoms with Gasteiger partial charge in [-0.05, 0) is 56.2 Å². The summed E-state index contributed by atoms with van der Waals surface area (Å²) in [7, 11) is 0. The fourth-order valence-corrected chi connectivity index (χ4v) is 4.49. The zero-order valence-corrected chi connectivity index (χ0v) is 15.4. The molecule has 1 aromatic rings. The van der Waals surface area contributed by atoms with Gasteiger partial charge in [0.1, 0.15) is 0 Å². The number of hydrogen-bond donors (Lipinski definition) is 2. The van der Waals surface area contributed by atoms with E-state index in [1.807, 2.05) is 18.2 Å². The van der Waals surface area contributed by atoms with Crippen molar-refractivity contribution in [2.24, 2.45) is 11.8 Å². The SMILES string of the molecule is O=C(CN1CC[C@H]2CCCC[C@H]2C1)Nc1ccccc1C(=O)NC1CC1. The molecule has 3 aliphatic rings. The van der Waals surface area contributed by atoms with Crippen LogP contribution in [-0.4, -0.2) is 42.4 Å². The summed E-state index contributed by atoms with van der Waals surface area (Å²) in [6.45, 7) is 2.47. The molecule has 2 saturated carbocycles. The van der Waals surface area contributed by atoms with Crippen molar-refractivity contribution in [3.63, 3.8) is 0 Å². The first-order valence-corrected chi connectivity index (χ1v) is 10.1. The Hall–Kier alpha value is -1.88.